The summed E-state index contributed by atoms with van der Waals surface area (Å²) in [5.41, 5.74) is 0.119. The SMILES string of the molecule is CCCC(NC(=O)c1csc(NC(=O)C2CC2)n1)C(=O)O. The zero-order valence-corrected chi connectivity index (χ0v) is 12.4. The number of nitrogens with zero attached hydrogens (tertiary/aromatic N) is 1. The molecule has 1 aromatic heterocycles. The molecule has 0 bridgehead atoms. The minimum absolute atomic E-state index is 0.0621. The lowest BCUT2D eigenvalue weighted by molar-refractivity contribution is -0.139. The summed E-state index contributed by atoms with van der Waals surface area (Å²) in [7, 11) is 0. The van der Waals surface area contributed by atoms with Crippen LogP contribution in [0.5, 0.6) is 0 Å². The fourth-order valence-corrected chi connectivity index (χ4v) is 2.46. The largest absolute Gasteiger partial charge is 0.480 e. The van der Waals surface area contributed by atoms with Crippen molar-refractivity contribution in [2.45, 2.75) is 38.6 Å². The van der Waals surface area contributed by atoms with E-state index in [1.807, 2.05) is 6.92 Å². The molecule has 1 unspecified atom stereocenters. The van der Waals surface area contributed by atoms with Crippen LogP contribution in [-0.4, -0.2) is 33.9 Å². The van der Waals surface area contributed by atoms with Crippen LogP contribution >= 0.6 is 11.3 Å². The van der Waals surface area contributed by atoms with Crippen LogP contribution in [0.1, 0.15) is 43.1 Å². The third kappa shape index (κ3) is 4.25. The smallest absolute Gasteiger partial charge is 0.326 e. The van der Waals surface area contributed by atoms with Crippen LogP contribution in [0.3, 0.4) is 0 Å². The molecule has 7 nitrogen and oxygen atoms in total. The second kappa shape index (κ2) is 6.66. The molecule has 8 heteroatoms. The minimum Gasteiger partial charge on any atom is -0.480 e. The number of aromatic nitrogens is 1. The number of carbonyl (C=O) groups is 3. The molecule has 1 fully saturated rings. The standard InChI is InChI=1S/C13H17N3O4S/c1-2-3-8(12(19)20)14-11(18)9-6-21-13(15-9)16-10(17)7-4-5-7/h6-8H,2-5H2,1H3,(H,14,18)(H,19,20)(H,15,16,17). The molecule has 0 aliphatic heterocycles. The molecular weight excluding hydrogens is 294 g/mol. The van der Waals surface area contributed by atoms with Gasteiger partial charge in [0.15, 0.2) is 5.13 Å². The summed E-state index contributed by atoms with van der Waals surface area (Å²) in [6, 6.07) is -0.922. The van der Waals surface area contributed by atoms with Crippen LogP contribution in [0.15, 0.2) is 5.38 Å². The molecule has 0 spiro atoms. The van der Waals surface area contributed by atoms with Crippen LogP contribution < -0.4 is 10.6 Å². The molecule has 2 rings (SSSR count). The van der Waals surface area contributed by atoms with E-state index in [0.29, 0.717) is 18.0 Å². The third-order valence-corrected chi connectivity index (χ3v) is 3.85. The van der Waals surface area contributed by atoms with E-state index in [0.717, 1.165) is 24.2 Å². The molecule has 1 heterocycles. The molecule has 0 aromatic carbocycles. The molecule has 1 aromatic rings. The molecule has 3 N–H and O–H groups in total. The lowest BCUT2D eigenvalue weighted by atomic mass is 10.1. The van der Waals surface area contributed by atoms with Gasteiger partial charge in [-0.15, -0.1) is 11.3 Å². The molecule has 114 valence electrons. The van der Waals surface area contributed by atoms with Crippen LogP contribution in [0.25, 0.3) is 0 Å². The average Bonchev–Trinajstić information content (AvgIpc) is 3.18. The van der Waals surface area contributed by atoms with E-state index >= 15 is 0 Å². The third-order valence-electron chi connectivity index (χ3n) is 3.10. The Balaban J connectivity index is 1.94. The molecule has 1 atom stereocenters. The van der Waals surface area contributed by atoms with Crippen molar-refractivity contribution in [1.82, 2.24) is 10.3 Å². The number of thiazole rings is 1. The van der Waals surface area contributed by atoms with Gasteiger partial charge in [0.25, 0.3) is 5.91 Å². The van der Waals surface area contributed by atoms with Crippen LogP contribution in [0.4, 0.5) is 5.13 Å². The first-order valence-electron chi connectivity index (χ1n) is 6.81. The second-order valence-electron chi connectivity index (χ2n) is 4.95. The monoisotopic (exact) mass is 311 g/mol. The zero-order chi connectivity index (χ0) is 15.4. The zero-order valence-electron chi connectivity index (χ0n) is 11.6. The van der Waals surface area contributed by atoms with Crippen molar-refractivity contribution in [2.24, 2.45) is 5.92 Å². The Bertz CT molecular complexity index is 553. The molecule has 21 heavy (non-hydrogen) atoms. The van der Waals surface area contributed by atoms with Gasteiger partial charge in [0.2, 0.25) is 5.91 Å². The Labute approximate surface area is 125 Å². The summed E-state index contributed by atoms with van der Waals surface area (Å²) in [5, 5.41) is 15.9. The van der Waals surface area contributed by atoms with E-state index in [2.05, 4.69) is 15.6 Å². The Morgan fingerprint density at radius 2 is 2.19 bits per heavy atom. The van der Waals surface area contributed by atoms with Gasteiger partial charge >= 0.3 is 5.97 Å². The predicted molar refractivity (Wildman–Crippen MR) is 77.3 cm³/mol. The highest BCUT2D eigenvalue weighted by molar-refractivity contribution is 7.14. The molecule has 0 radical (unpaired) electrons. The Morgan fingerprint density at radius 1 is 1.48 bits per heavy atom. The van der Waals surface area contributed by atoms with E-state index in [1.165, 1.54) is 5.38 Å². The van der Waals surface area contributed by atoms with Gasteiger partial charge in [-0.3, -0.25) is 9.59 Å². The maximum absolute atomic E-state index is 11.9. The number of aliphatic carboxylic acids is 1. The summed E-state index contributed by atoms with van der Waals surface area (Å²) < 4.78 is 0. The van der Waals surface area contributed by atoms with E-state index in [4.69, 9.17) is 5.11 Å². The second-order valence-corrected chi connectivity index (χ2v) is 5.81. The molecule has 0 saturated heterocycles. The number of amides is 2. The lowest BCUT2D eigenvalue weighted by Gasteiger charge is -2.12. The van der Waals surface area contributed by atoms with Crippen LogP contribution in [0, 0.1) is 5.92 Å². The molecule has 2 amide bonds. The van der Waals surface area contributed by atoms with Crippen LogP contribution in [0.2, 0.25) is 0 Å². The molecular formula is C13H17N3O4S. The highest BCUT2D eigenvalue weighted by atomic mass is 32.1. The van der Waals surface area contributed by atoms with E-state index < -0.39 is 17.9 Å². The number of carbonyl (C=O) groups excluding carboxylic acids is 2. The van der Waals surface area contributed by atoms with Crippen molar-refractivity contribution in [3.63, 3.8) is 0 Å². The normalized spacial score (nSPS) is 15.3. The first-order valence-corrected chi connectivity index (χ1v) is 7.69. The van der Waals surface area contributed by atoms with Gasteiger partial charge in [-0.25, -0.2) is 9.78 Å². The van der Waals surface area contributed by atoms with Gasteiger partial charge in [-0.1, -0.05) is 13.3 Å². The number of anilines is 1. The van der Waals surface area contributed by atoms with Crippen molar-refractivity contribution < 1.29 is 19.5 Å². The highest BCUT2D eigenvalue weighted by Gasteiger charge is 2.30. The number of hydrogen-bond acceptors (Lipinski definition) is 5. The Morgan fingerprint density at radius 3 is 2.76 bits per heavy atom. The van der Waals surface area contributed by atoms with Crippen molar-refractivity contribution in [3.05, 3.63) is 11.1 Å². The van der Waals surface area contributed by atoms with Gasteiger partial charge < -0.3 is 15.7 Å². The van der Waals surface area contributed by atoms with E-state index in [1.54, 1.807) is 0 Å². The van der Waals surface area contributed by atoms with Gasteiger partial charge in [0.05, 0.1) is 0 Å². The molecule has 1 saturated carbocycles. The summed E-state index contributed by atoms with van der Waals surface area (Å²) >= 11 is 1.15. The van der Waals surface area contributed by atoms with Crippen molar-refractivity contribution >= 4 is 34.3 Å². The molecule has 1 aliphatic carbocycles. The average molecular weight is 311 g/mol. The van der Waals surface area contributed by atoms with E-state index in [-0.39, 0.29) is 17.5 Å². The van der Waals surface area contributed by atoms with Crippen molar-refractivity contribution in [2.75, 3.05) is 5.32 Å². The number of nitrogens with one attached hydrogen (secondary N) is 2. The summed E-state index contributed by atoms with van der Waals surface area (Å²) in [6.07, 6.45) is 2.79. The van der Waals surface area contributed by atoms with Gasteiger partial charge in [-0.2, -0.15) is 0 Å². The van der Waals surface area contributed by atoms with E-state index in [9.17, 15) is 14.4 Å². The summed E-state index contributed by atoms with van der Waals surface area (Å²) in [5.74, 6) is -1.63. The lowest BCUT2D eigenvalue weighted by Crippen LogP contribution is -2.40. The number of hydrogen-bond donors (Lipinski definition) is 3. The fraction of sp³-hybridized carbons (Fsp3) is 0.538. The topological polar surface area (TPSA) is 108 Å². The summed E-state index contributed by atoms with van der Waals surface area (Å²) in [4.78, 5) is 38.5. The summed E-state index contributed by atoms with van der Waals surface area (Å²) in [6.45, 7) is 1.84. The number of carboxylic acid groups (broad SMARTS) is 1. The highest BCUT2D eigenvalue weighted by Crippen LogP contribution is 2.30. The maximum Gasteiger partial charge on any atom is 0.326 e. The van der Waals surface area contributed by atoms with Gasteiger partial charge in [-0.05, 0) is 19.3 Å². The van der Waals surface area contributed by atoms with Crippen LogP contribution in [-0.2, 0) is 9.59 Å². The fourth-order valence-electron chi connectivity index (χ4n) is 1.77. The van der Waals surface area contributed by atoms with Gasteiger partial charge in [0, 0.05) is 11.3 Å². The number of rotatable bonds is 7. The Hall–Kier alpha value is -1.96. The predicted octanol–water partition coefficient (Wildman–Crippen LogP) is 1.47. The Kier molecular flexibility index (Phi) is 4.89. The molecule has 1 aliphatic rings. The maximum atomic E-state index is 11.9. The number of carboxylic acids is 1. The van der Waals surface area contributed by atoms with Crippen molar-refractivity contribution in [3.8, 4) is 0 Å². The first kappa shape index (κ1) is 15.4. The first-order chi connectivity index (χ1) is 10.0. The van der Waals surface area contributed by atoms with Gasteiger partial charge in [0.1, 0.15) is 11.7 Å². The van der Waals surface area contributed by atoms with Crippen molar-refractivity contribution in [1.29, 1.82) is 0 Å². The quantitative estimate of drug-likeness (QED) is 0.706. The minimum atomic E-state index is -1.07.